The van der Waals surface area contributed by atoms with E-state index in [2.05, 4.69) is 21.2 Å². The molecule has 36 heavy (non-hydrogen) atoms. The molecule has 2 heterocycles. The summed E-state index contributed by atoms with van der Waals surface area (Å²) in [5.41, 5.74) is -0.142. The van der Waals surface area contributed by atoms with Crippen molar-refractivity contribution in [2.24, 2.45) is 5.41 Å². The van der Waals surface area contributed by atoms with Crippen molar-refractivity contribution < 1.29 is 23.9 Å². The summed E-state index contributed by atoms with van der Waals surface area (Å²) in [5.74, 6) is -2.15. The van der Waals surface area contributed by atoms with E-state index >= 15 is 0 Å². The Morgan fingerprint density at radius 1 is 0.972 bits per heavy atom. The predicted molar refractivity (Wildman–Crippen MR) is 138 cm³/mol. The number of carbonyl (C=O) groups excluding carboxylic acids is 3. The smallest absolute Gasteiger partial charge is 0.326 e. The molecule has 1 saturated heterocycles. The molecular weight excluding hydrogens is 524 g/mol. The molecule has 7 nitrogen and oxygen atoms in total. The van der Waals surface area contributed by atoms with Gasteiger partial charge in [-0.1, -0.05) is 64.0 Å². The maximum Gasteiger partial charge on any atom is 0.326 e. The number of carbonyl (C=O) groups is 3. The van der Waals surface area contributed by atoms with Gasteiger partial charge in [-0.25, -0.2) is 0 Å². The lowest BCUT2D eigenvalue weighted by Gasteiger charge is -2.44. The van der Waals surface area contributed by atoms with Crippen LogP contribution in [0.25, 0.3) is 0 Å². The molecule has 1 fully saturated rings. The third-order valence-electron chi connectivity index (χ3n) is 7.30. The van der Waals surface area contributed by atoms with Crippen LogP contribution in [0.2, 0.25) is 0 Å². The third-order valence-corrected chi connectivity index (χ3v) is 7.80. The number of amides is 1. The highest BCUT2D eigenvalue weighted by Gasteiger charge is 2.78. The number of fused-ring (bicyclic) bond motifs is 2. The molecule has 1 N–H and O–H groups in total. The number of methoxy groups -OCH3 is 2. The van der Waals surface area contributed by atoms with Crippen LogP contribution in [0.4, 0.5) is 11.4 Å². The van der Waals surface area contributed by atoms with Gasteiger partial charge in [0.2, 0.25) is 5.41 Å². The maximum atomic E-state index is 14.3. The van der Waals surface area contributed by atoms with Crippen molar-refractivity contribution in [3.63, 3.8) is 0 Å². The SMILES string of the molecule is COC(=O)C1(C(=O)OC)C[C@@H](c2ccc(C)cc2)N(c2ccccc2)[C@]12C(=O)Nc1ccc(Br)cc12. The van der Waals surface area contributed by atoms with Crippen molar-refractivity contribution in [2.45, 2.75) is 24.9 Å². The fourth-order valence-electron chi connectivity index (χ4n) is 5.80. The van der Waals surface area contributed by atoms with E-state index in [1.54, 1.807) is 18.2 Å². The molecule has 2 aliphatic rings. The lowest BCUT2D eigenvalue weighted by atomic mass is 9.66. The lowest BCUT2D eigenvalue weighted by Crippen LogP contribution is -2.62. The minimum absolute atomic E-state index is 0.0241. The van der Waals surface area contributed by atoms with Gasteiger partial charge >= 0.3 is 11.9 Å². The van der Waals surface area contributed by atoms with Crippen LogP contribution in [0, 0.1) is 12.3 Å². The molecule has 0 aromatic heterocycles. The number of anilines is 2. The first-order chi connectivity index (χ1) is 17.3. The van der Waals surface area contributed by atoms with Gasteiger partial charge in [-0.2, -0.15) is 0 Å². The van der Waals surface area contributed by atoms with Crippen LogP contribution in [-0.4, -0.2) is 32.1 Å². The molecule has 2 atom stereocenters. The Hall–Kier alpha value is -3.65. The summed E-state index contributed by atoms with van der Waals surface area (Å²) in [4.78, 5) is 43.8. The molecule has 3 aromatic rings. The maximum absolute atomic E-state index is 14.3. The summed E-state index contributed by atoms with van der Waals surface area (Å²) in [5, 5.41) is 2.93. The Balaban J connectivity index is 1.93. The molecule has 3 aromatic carbocycles. The Morgan fingerprint density at radius 3 is 2.22 bits per heavy atom. The quantitative estimate of drug-likeness (QED) is 0.369. The van der Waals surface area contributed by atoms with Gasteiger partial charge in [-0.15, -0.1) is 0 Å². The first-order valence-corrected chi connectivity index (χ1v) is 12.3. The highest BCUT2D eigenvalue weighted by atomic mass is 79.9. The molecule has 1 amide bonds. The number of ether oxygens (including phenoxy) is 2. The van der Waals surface area contributed by atoms with Crippen molar-refractivity contribution in [1.29, 1.82) is 0 Å². The van der Waals surface area contributed by atoms with Crippen LogP contribution < -0.4 is 10.2 Å². The molecule has 2 aliphatic heterocycles. The van der Waals surface area contributed by atoms with E-state index in [1.807, 2.05) is 66.4 Å². The van der Waals surface area contributed by atoms with Crippen molar-refractivity contribution in [2.75, 3.05) is 24.4 Å². The first kappa shape index (κ1) is 24.1. The average Bonchev–Trinajstić information content (AvgIpc) is 3.37. The van der Waals surface area contributed by atoms with Gasteiger partial charge in [0, 0.05) is 27.8 Å². The molecule has 184 valence electrons. The molecule has 0 bridgehead atoms. The molecule has 5 rings (SSSR count). The van der Waals surface area contributed by atoms with Gasteiger partial charge in [0.15, 0.2) is 5.54 Å². The van der Waals surface area contributed by atoms with Gasteiger partial charge in [0.05, 0.1) is 20.3 Å². The third kappa shape index (κ3) is 3.13. The summed E-state index contributed by atoms with van der Waals surface area (Å²) in [7, 11) is 2.45. The first-order valence-electron chi connectivity index (χ1n) is 11.5. The monoisotopic (exact) mass is 548 g/mol. The second-order valence-corrected chi connectivity index (χ2v) is 9.99. The normalized spacial score (nSPS) is 21.7. The van der Waals surface area contributed by atoms with Crippen LogP contribution >= 0.6 is 15.9 Å². The van der Waals surface area contributed by atoms with Crippen molar-refractivity contribution in [3.05, 3.63) is 94.0 Å². The second kappa shape index (κ2) is 8.78. The van der Waals surface area contributed by atoms with Crippen LogP contribution in [0.5, 0.6) is 0 Å². The number of hydrogen-bond acceptors (Lipinski definition) is 6. The summed E-state index contributed by atoms with van der Waals surface area (Å²) in [6.45, 7) is 1.99. The van der Waals surface area contributed by atoms with E-state index in [9.17, 15) is 14.4 Å². The fourth-order valence-corrected chi connectivity index (χ4v) is 6.16. The van der Waals surface area contributed by atoms with Gasteiger partial charge in [0.1, 0.15) is 0 Å². The van der Waals surface area contributed by atoms with Gasteiger partial charge in [-0.3, -0.25) is 14.4 Å². The second-order valence-electron chi connectivity index (χ2n) is 9.08. The van der Waals surface area contributed by atoms with E-state index in [1.165, 1.54) is 14.2 Å². The molecule has 0 aliphatic carbocycles. The fraction of sp³-hybridized carbons (Fsp3) is 0.250. The van der Waals surface area contributed by atoms with Crippen LogP contribution in [0.3, 0.4) is 0 Å². The number of esters is 2. The molecule has 0 unspecified atom stereocenters. The van der Waals surface area contributed by atoms with E-state index in [-0.39, 0.29) is 6.42 Å². The number of nitrogens with zero attached hydrogens (tertiary/aromatic N) is 1. The zero-order chi connectivity index (χ0) is 25.7. The summed E-state index contributed by atoms with van der Waals surface area (Å²) >= 11 is 3.52. The predicted octanol–water partition coefficient (Wildman–Crippen LogP) is 4.89. The number of rotatable bonds is 4. The van der Waals surface area contributed by atoms with Gasteiger partial charge in [0.25, 0.3) is 5.91 Å². The minimum Gasteiger partial charge on any atom is -0.468 e. The molecule has 0 radical (unpaired) electrons. The topological polar surface area (TPSA) is 84.9 Å². The Kier molecular flexibility index (Phi) is 5.87. The minimum atomic E-state index is -1.99. The zero-order valence-corrected chi connectivity index (χ0v) is 21.7. The molecule has 0 saturated carbocycles. The molecule has 8 heteroatoms. The number of aryl methyl sites for hydroxylation is 1. The number of benzene rings is 3. The van der Waals surface area contributed by atoms with E-state index in [4.69, 9.17) is 9.47 Å². The zero-order valence-electron chi connectivity index (χ0n) is 20.1. The van der Waals surface area contributed by atoms with E-state index < -0.39 is 34.8 Å². The van der Waals surface area contributed by atoms with Crippen LogP contribution in [0.15, 0.2) is 77.3 Å². The molecule has 1 spiro atoms. The average molecular weight is 549 g/mol. The largest absolute Gasteiger partial charge is 0.468 e. The van der Waals surface area contributed by atoms with E-state index in [0.29, 0.717) is 21.4 Å². The number of para-hydroxylation sites is 1. The lowest BCUT2D eigenvalue weighted by molar-refractivity contribution is -0.175. The summed E-state index contributed by atoms with van der Waals surface area (Å²) < 4.78 is 11.2. The van der Waals surface area contributed by atoms with Gasteiger partial charge < -0.3 is 19.7 Å². The Morgan fingerprint density at radius 2 is 1.61 bits per heavy atom. The standard InChI is InChI=1S/C28H25BrN2O5/c1-17-9-11-18(12-10-17)23-16-27(25(33)35-2,26(34)36-3)28(31(23)20-7-5-4-6-8-20)21-15-19(29)13-14-22(21)30-24(28)32/h4-15,23H,16H2,1-3H3,(H,30,32)/t23-,28+/m0/s1. The highest BCUT2D eigenvalue weighted by molar-refractivity contribution is 9.10. The van der Waals surface area contributed by atoms with Gasteiger partial charge in [-0.05, 0) is 42.8 Å². The number of nitrogens with one attached hydrogen (secondary N) is 1. The van der Waals surface area contributed by atoms with Crippen molar-refractivity contribution >= 4 is 45.2 Å². The van der Waals surface area contributed by atoms with E-state index in [0.717, 1.165) is 11.1 Å². The highest BCUT2D eigenvalue weighted by Crippen LogP contribution is 2.65. The van der Waals surface area contributed by atoms with Crippen LogP contribution in [-0.2, 0) is 29.4 Å². The Labute approximate surface area is 217 Å². The summed E-state index contributed by atoms with van der Waals surface area (Å²) in [6, 6.07) is 22.0. The van der Waals surface area contributed by atoms with Crippen LogP contribution in [0.1, 0.15) is 29.2 Å². The summed E-state index contributed by atoms with van der Waals surface area (Å²) in [6.07, 6.45) is -0.0241. The number of hydrogen-bond donors (Lipinski definition) is 1. The molecular formula is C28H25BrN2O5. The Bertz CT molecular complexity index is 1340. The number of halogens is 1. The van der Waals surface area contributed by atoms with Crippen molar-refractivity contribution in [3.8, 4) is 0 Å². The van der Waals surface area contributed by atoms with Crippen molar-refractivity contribution in [1.82, 2.24) is 0 Å².